The van der Waals surface area contributed by atoms with Crippen LogP contribution in [0.5, 0.6) is 0 Å². The second kappa shape index (κ2) is 9.08. The molecule has 0 bridgehead atoms. The number of aliphatic imine (C=N–C) groups is 1. The Labute approximate surface area is 192 Å². The van der Waals surface area contributed by atoms with Gasteiger partial charge in [0.1, 0.15) is 0 Å². The van der Waals surface area contributed by atoms with Crippen LogP contribution < -0.4 is 0 Å². The van der Waals surface area contributed by atoms with Crippen molar-refractivity contribution >= 4 is 19.8 Å². The zero-order chi connectivity index (χ0) is 23.6. The summed E-state index contributed by atoms with van der Waals surface area (Å²) in [5, 5.41) is 0.0164. The number of rotatable bonds is 6. The average molecular weight is 449 g/mol. The molecule has 168 valence electrons. The molecule has 0 saturated carbocycles. The van der Waals surface area contributed by atoms with Gasteiger partial charge in [-0.2, -0.15) is 0 Å². The van der Waals surface area contributed by atoms with Crippen LogP contribution >= 0.6 is 0 Å². The Morgan fingerprint density at radius 3 is 1.81 bits per heavy atom. The molecule has 0 spiro atoms. The molecule has 0 fully saturated rings. The van der Waals surface area contributed by atoms with E-state index in [9.17, 15) is 0 Å². The number of hydrogen-bond acceptors (Lipinski definition) is 3. The van der Waals surface area contributed by atoms with Gasteiger partial charge in [0.2, 0.25) is 0 Å². The van der Waals surface area contributed by atoms with Gasteiger partial charge in [0.25, 0.3) is 0 Å². The van der Waals surface area contributed by atoms with E-state index in [0.29, 0.717) is 11.3 Å². The Morgan fingerprint density at radius 1 is 0.844 bits per heavy atom. The molecular formula is C27H33FN2OSi. The molecule has 0 aliphatic carbocycles. The minimum Gasteiger partial charge on any atom is -0.408 e. The first-order valence-electron chi connectivity index (χ1n) is 11.0. The first-order chi connectivity index (χ1) is 14.9. The molecule has 0 amide bonds. The lowest BCUT2D eigenvalue weighted by molar-refractivity contribution is 0.0861. The first-order valence-corrected chi connectivity index (χ1v) is 13.9. The monoisotopic (exact) mass is 448 g/mol. The number of halogens is 1. The van der Waals surface area contributed by atoms with Gasteiger partial charge in [-0.3, -0.25) is 0 Å². The van der Waals surface area contributed by atoms with Crippen LogP contribution in [-0.2, 0) is 10.0 Å². The third kappa shape index (κ3) is 5.22. The lowest BCUT2D eigenvalue weighted by Gasteiger charge is -2.43. The van der Waals surface area contributed by atoms with Gasteiger partial charge < -0.3 is 4.43 Å². The van der Waals surface area contributed by atoms with Crippen molar-refractivity contribution in [2.45, 2.75) is 58.4 Å². The predicted molar refractivity (Wildman–Crippen MR) is 134 cm³/mol. The molecule has 1 aromatic heterocycles. The maximum atomic E-state index is 15.8. The Kier molecular flexibility index (Phi) is 6.82. The summed E-state index contributed by atoms with van der Waals surface area (Å²) in [5.74, 6) is -0.377. The van der Waals surface area contributed by atoms with Crippen molar-refractivity contribution in [3.63, 3.8) is 0 Å². The van der Waals surface area contributed by atoms with Crippen LogP contribution in [0.1, 0.15) is 51.3 Å². The molecule has 1 heterocycles. The van der Waals surface area contributed by atoms with Crippen LogP contribution in [0.15, 0.2) is 77.9 Å². The number of hydrogen-bond donors (Lipinski definition) is 0. The van der Waals surface area contributed by atoms with Crippen LogP contribution in [0.3, 0.4) is 0 Å². The SMILES string of the molecule is CC(C)(O[Si](C)(C)C(C)(C)C)c1ccnc(N=C(c2ccccc2)c2ccccc2)c1F. The number of nitrogens with zero attached hydrogens (tertiary/aromatic N) is 2. The topological polar surface area (TPSA) is 34.5 Å². The summed E-state index contributed by atoms with van der Waals surface area (Å²) in [7, 11) is -2.12. The van der Waals surface area contributed by atoms with E-state index in [1.807, 2.05) is 74.5 Å². The molecule has 0 aliphatic heterocycles. The minimum absolute atomic E-state index is 0.0164. The van der Waals surface area contributed by atoms with Crippen LogP contribution in [0, 0.1) is 5.82 Å². The maximum absolute atomic E-state index is 15.8. The van der Waals surface area contributed by atoms with E-state index in [0.717, 1.165) is 11.1 Å². The lowest BCUT2D eigenvalue weighted by atomic mass is 9.98. The summed E-state index contributed by atoms with van der Waals surface area (Å²) in [6, 6.07) is 21.3. The van der Waals surface area contributed by atoms with Crippen molar-refractivity contribution in [3.05, 3.63) is 95.4 Å². The van der Waals surface area contributed by atoms with Crippen molar-refractivity contribution in [2.24, 2.45) is 4.99 Å². The average Bonchev–Trinajstić information content (AvgIpc) is 2.72. The summed E-state index contributed by atoms with van der Waals surface area (Å²) >= 11 is 0. The summed E-state index contributed by atoms with van der Waals surface area (Å²) in [4.78, 5) is 8.99. The Hall–Kier alpha value is -2.63. The van der Waals surface area contributed by atoms with Gasteiger partial charge in [0.05, 0.1) is 11.3 Å². The van der Waals surface area contributed by atoms with E-state index in [1.54, 1.807) is 12.3 Å². The normalized spacial score (nSPS) is 12.5. The van der Waals surface area contributed by atoms with E-state index < -0.39 is 19.7 Å². The Balaban J connectivity index is 2.09. The van der Waals surface area contributed by atoms with E-state index >= 15 is 4.39 Å². The van der Waals surface area contributed by atoms with E-state index in [-0.39, 0.29) is 10.9 Å². The highest BCUT2D eigenvalue weighted by atomic mass is 28.4. The molecule has 0 unspecified atom stereocenters. The summed E-state index contributed by atoms with van der Waals surface area (Å²) < 4.78 is 22.4. The number of pyridine rings is 1. The molecule has 0 aliphatic rings. The molecule has 3 rings (SSSR count). The minimum atomic E-state index is -2.12. The van der Waals surface area contributed by atoms with Gasteiger partial charge in [-0.05, 0) is 38.0 Å². The Morgan fingerprint density at radius 2 is 1.34 bits per heavy atom. The molecule has 3 nitrogen and oxygen atoms in total. The molecule has 0 radical (unpaired) electrons. The molecule has 32 heavy (non-hydrogen) atoms. The zero-order valence-electron chi connectivity index (χ0n) is 20.1. The van der Waals surface area contributed by atoms with Crippen molar-refractivity contribution in [2.75, 3.05) is 0 Å². The fourth-order valence-electron chi connectivity index (χ4n) is 3.42. The lowest BCUT2D eigenvalue weighted by Crippen LogP contribution is -2.46. The van der Waals surface area contributed by atoms with Gasteiger partial charge in [-0.1, -0.05) is 81.4 Å². The highest BCUT2D eigenvalue weighted by Gasteiger charge is 2.42. The highest BCUT2D eigenvalue weighted by Crippen LogP contribution is 2.42. The van der Waals surface area contributed by atoms with Gasteiger partial charge in [-0.15, -0.1) is 0 Å². The third-order valence-electron chi connectivity index (χ3n) is 6.15. The fourth-order valence-corrected chi connectivity index (χ4v) is 5.11. The van der Waals surface area contributed by atoms with Crippen molar-refractivity contribution in [3.8, 4) is 0 Å². The molecule has 0 saturated heterocycles. The second-order valence-corrected chi connectivity index (χ2v) is 14.8. The second-order valence-electron chi connectivity index (χ2n) is 10.1. The van der Waals surface area contributed by atoms with Gasteiger partial charge >= 0.3 is 0 Å². The summed E-state index contributed by atoms with van der Waals surface area (Å²) in [6.45, 7) is 14.7. The van der Waals surface area contributed by atoms with E-state index in [4.69, 9.17) is 9.42 Å². The smallest absolute Gasteiger partial charge is 0.193 e. The highest BCUT2D eigenvalue weighted by molar-refractivity contribution is 6.74. The van der Waals surface area contributed by atoms with Crippen molar-refractivity contribution < 1.29 is 8.82 Å². The van der Waals surface area contributed by atoms with Crippen LogP contribution in [-0.4, -0.2) is 19.0 Å². The Bertz CT molecular complexity index is 1050. The largest absolute Gasteiger partial charge is 0.408 e. The predicted octanol–water partition coefficient (Wildman–Crippen LogP) is 7.65. The van der Waals surface area contributed by atoms with Gasteiger partial charge in [0, 0.05) is 22.9 Å². The van der Waals surface area contributed by atoms with E-state index in [1.165, 1.54) is 0 Å². The number of aromatic nitrogens is 1. The van der Waals surface area contributed by atoms with Crippen LogP contribution in [0.4, 0.5) is 10.2 Å². The van der Waals surface area contributed by atoms with Gasteiger partial charge in [-0.25, -0.2) is 14.4 Å². The maximum Gasteiger partial charge on any atom is 0.193 e. The zero-order valence-corrected chi connectivity index (χ0v) is 21.1. The van der Waals surface area contributed by atoms with Crippen LogP contribution in [0.25, 0.3) is 0 Å². The van der Waals surface area contributed by atoms with E-state index in [2.05, 4.69) is 38.8 Å². The van der Waals surface area contributed by atoms with Crippen molar-refractivity contribution in [1.29, 1.82) is 0 Å². The molecule has 5 heteroatoms. The molecular weight excluding hydrogens is 415 g/mol. The quantitative estimate of drug-likeness (QED) is 0.287. The summed E-state index contributed by atoms with van der Waals surface area (Å²) in [6.07, 6.45) is 1.61. The first kappa shape index (κ1) is 24.0. The molecule has 0 N–H and O–H groups in total. The molecule has 2 aromatic carbocycles. The summed E-state index contributed by atoms with van der Waals surface area (Å²) in [5.41, 5.74) is 2.15. The molecule has 3 aromatic rings. The van der Waals surface area contributed by atoms with Gasteiger partial charge in [0.15, 0.2) is 20.0 Å². The molecule has 0 atom stereocenters. The van der Waals surface area contributed by atoms with Crippen LogP contribution in [0.2, 0.25) is 18.1 Å². The third-order valence-corrected chi connectivity index (χ3v) is 10.8. The standard InChI is InChI=1S/C27H33FN2OSi/c1-26(2,3)32(6,7)31-27(4,5)22-18-19-29-25(23(22)28)30-24(20-14-10-8-11-15-20)21-16-12-9-13-17-21/h8-19H,1-7H3. The van der Waals surface area contributed by atoms with Crippen molar-refractivity contribution in [1.82, 2.24) is 4.98 Å². The fraction of sp³-hybridized carbons (Fsp3) is 0.333. The number of benzene rings is 2.